The van der Waals surface area contributed by atoms with Crippen molar-refractivity contribution in [2.45, 2.75) is 6.42 Å². The van der Waals surface area contributed by atoms with Gasteiger partial charge in [-0.2, -0.15) is 0 Å². The van der Waals surface area contributed by atoms with Crippen LogP contribution in [0.1, 0.15) is 16.8 Å². The van der Waals surface area contributed by atoms with E-state index in [0.29, 0.717) is 35.7 Å². The Morgan fingerprint density at radius 2 is 1.94 bits per heavy atom. The van der Waals surface area contributed by atoms with Crippen molar-refractivity contribution in [2.24, 2.45) is 0 Å². The zero-order chi connectivity index (χ0) is 22.2. The molecule has 0 radical (unpaired) electrons. The number of halogens is 1. The van der Waals surface area contributed by atoms with Crippen molar-refractivity contribution in [1.82, 2.24) is 5.32 Å². The predicted octanol–water partition coefficient (Wildman–Crippen LogP) is 3.20. The zero-order valence-corrected chi connectivity index (χ0v) is 17.4. The third-order valence-corrected chi connectivity index (χ3v) is 4.38. The summed E-state index contributed by atoms with van der Waals surface area (Å²) >= 11 is 5.86. The first-order valence-corrected chi connectivity index (χ1v) is 9.78. The van der Waals surface area contributed by atoms with E-state index < -0.39 is 17.5 Å². The molecule has 0 bridgehead atoms. The summed E-state index contributed by atoms with van der Waals surface area (Å²) < 4.78 is 20.7. The number of hydrogen-bond donors (Lipinski definition) is 1. The Hall–Kier alpha value is -3.36. The normalized spacial score (nSPS) is 10.6. The Balaban J connectivity index is 1.65. The lowest BCUT2D eigenvalue weighted by molar-refractivity contribution is -0.136. The van der Waals surface area contributed by atoms with E-state index in [0.717, 1.165) is 0 Å². The fourth-order valence-corrected chi connectivity index (χ4v) is 2.87. The number of carbonyl (C=O) groups excluding carboxylic acids is 2. The minimum atomic E-state index is -0.787. The number of hydrogen-bond acceptors (Lipinski definition) is 7. The van der Waals surface area contributed by atoms with Gasteiger partial charge in [0, 0.05) is 36.7 Å². The molecule has 31 heavy (non-hydrogen) atoms. The summed E-state index contributed by atoms with van der Waals surface area (Å²) in [4.78, 5) is 36.4. The number of rotatable bonds is 9. The molecule has 0 saturated heterocycles. The average Bonchev–Trinajstić information content (AvgIpc) is 2.74. The number of amides is 1. The van der Waals surface area contributed by atoms with Gasteiger partial charge in [-0.1, -0.05) is 17.7 Å². The molecular weight excluding hydrogens is 426 g/mol. The van der Waals surface area contributed by atoms with Gasteiger partial charge in [-0.05, 0) is 42.8 Å². The molecule has 0 fully saturated rings. The standard InChI is InChI=1S/C22H20ClNO7/c1-28-9-3-8-24-21(26)18-10-14-6-7-17(12-19(14)31-22(18)27)30-20(25)13-29-16-5-2-4-15(23)11-16/h2,4-7,10-12H,3,8-9,13H2,1H3,(H,24,26). The van der Waals surface area contributed by atoms with Gasteiger partial charge in [-0.25, -0.2) is 9.59 Å². The van der Waals surface area contributed by atoms with Crippen LogP contribution in [0.3, 0.4) is 0 Å². The lowest BCUT2D eigenvalue weighted by Crippen LogP contribution is -2.29. The van der Waals surface area contributed by atoms with Gasteiger partial charge >= 0.3 is 11.6 Å². The van der Waals surface area contributed by atoms with Gasteiger partial charge < -0.3 is 23.9 Å². The van der Waals surface area contributed by atoms with E-state index in [9.17, 15) is 14.4 Å². The maximum Gasteiger partial charge on any atom is 0.349 e. The van der Waals surface area contributed by atoms with Crippen molar-refractivity contribution in [1.29, 1.82) is 0 Å². The summed E-state index contributed by atoms with van der Waals surface area (Å²) in [7, 11) is 1.57. The molecule has 0 atom stereocenters. The Bertz CT molecular complexity index is 1140. The zero-order valence-electron chi connectivity index (χ0n) is 16.7. The molecule has 1 heterocycles. The fourth-order valence-electron chi connectivity index (χ4n) is 2.69. The molecule has 8 nitrogen and oxygen atoms in total. The molecule has 0 aliphatic heterocycles. The highest BCUT2D eigenvalue weighted by molar-refractivity contribution is 6.30. The lowest BCUT2D eigenvalue weighted by Gasteiger charge is -2.08. The number of benzene rings is 2. The molecule has 0 aliphatic rings. The van der Waals surface area contributed by atoms with Crippen molar-refractivity contribution in [3.05, 3.63) is 69.5 Å². The van der Waals surface area contributed by atoms with Gasteiger partial charge in [0.25, 0.3) is 5.91 Å². The first-order valence-electron chi connectivity index (χ1n) is 9.40. The molecule has 3 rings (SSSR count). The van der Waals surface area contributed by atoms with Crippen LogP contribution >= 0.6 is 11.6 Å². The number of esters is 1. The van der Waals surface area contributed by atoms with Crippen LogP contribution in [-0.2, 0) is 9.53 Å². The molecule has 0 saturated carbocycles. The third kappa shape index (κ3) is 6.31. The molecule has 1 aromatic heterocycles. The van der Waals surface area contributed by atoms with E-state index >= 15 is 0 Å². The summed E-state index contributed by atoms with van der Waals surface area (Å²) in [6.07, 6.45) is 0.622. The molecule has 0 unspecified atom stereocenters. The van der Waals surface area contributed by atoms with Gasteiger partial charge in [0.1, 0.15) is 22.6 Å². The van der Waals surface area contributed by atoms with Crippen LogP contribution in [0, 0.1) is 0 Å². The summed E-state index contributed by atoms with van der Waals surface area (Å²) in [5.41, 5.74) is -0.712. The van der Waals surface area contributed by atoms with E-state index in [2.05, 4.69) is 5.32 Å². The Kier molecular flexibility index (Phi) is 7.64. The van der Waals surface area contributed by atoms with E-state index in [-0.39, 0.29) is 23.5 Å². The Morgan fingerprint density at radius 3 is 2.71 bits per heavy atom. The topological polar surface area (TPSA) is 104 Å². The Morgan fingerprint density at radius 1 is 1.10 bits per heavy atom. The highest BCUT2D eigenvalue weighted by atomic mass is 35.5. The maximum absolute atomic E-state index is 12.2. The van der Waals surface area contributed by atoms with Crippen molar-refractivity contribution in [2.75, 3.05) is 26.9 Å². The van der Waals surface area contributed by atoms with Crippen LogP contribution in [0.25, 0.3) is 11.0 Å². The van der Waals surface area contributed by atoms with Gasteiger partial charge in [0.15, 0.2) is 6.61 Å². The SMILES string of the molecule is COCCCNC(=O)c1cc2ccc(OC(=O)COc3cccc(Cl)c3)cc2oc1=O. The molecule has 1 amide bonds. The van der Waals surface area contributed by atoms with Gasteiger partial charge in [-0.3, -0.25) is 4.79 Å². The molecule has 2 aromatic carbocycles. The molecule has 0 spiro atoms. The maximum atomic E-state index is 12.2. The van der Waals surface area contributed by atoms with Crippen LogP contribution < -0.4 is 20.4 Å². The van der Waals surface area contributed by atoms with Gasteiger partial charge in [0.05, 0.1) is 0 Å². The third-order valence-electron chi connectivity index (χ3n) is 4.15. The van der Waals surface area contributed by atoms with Crippen LogP contribution in [0.4, 0.5) is 0 Å². The molecule has 9 heteroatoms. The van der Waals surface area contributed by atoms with Gasteiger partial charge in [-0.15, -0.1) is 0 Å². The van der Waals surface area contributed by atoms with Crippen molar-refractivity contribution < 1.29 is 28.2 Å². The van der Waals surface area contributed by atoms with Crippen LogP contribution in [-0.4, -0.2) is 38.7 Å². The minimum absolute atomic E-state index is 0.107. The van der Waals surface area contributed by atoms with E-state index in [1.54, 1.807) is 37.4 Å². The first-order chi connectivity index (χ1) is 15.0. The average molecular weight is 446 g/mol. The number of carbonyl (C=O) groups is 2. The predicted molar refractivity (Wildman–Crippen MR) is 114 cm³/mol. The van der Waals surface area contributed by atoms with Crippen molar-refractivity contribution >= 4 is 34.4 Å². The van der Waals surface area contributed by atoms with Crippen molar-refractivity contribution in [3.63, 3.8) is 0 Å². The van der Waals surface area contributed by atoms with Crippen LogP contribution in [0.5, 0.6) is 11.5 Å². The summed E-state index contributed by atoms with van der Waals surface area (Å²) in [5, 5.41) is 3.63. The molecule has 3 aromatic rings. The highest BCUT2D eigenvalue weighted by Crippen LogP contribution is 2.21. The number of nitrogens with one attached hydrogen (secondary N) is 1. The highest BCUT2D eigenvalue weighted by Gasteiger charge is 2.14. The van der Waals surface area contributed by atoms with Crippen molar-refractivity contribution in [3.8, 4) is 11.5 Å². The summed E-state index contributed by atoms with van der Waals surface area (Å²) in [6.45, 7) is 0.541. The van der Waals surface area contributed by atoms with Gasteiger partial charge in [0.2, 0.25) is 0 Å². The minimum Gasteiger partial charge on any atom is -0.482 e. The fraction of sp³-hybridized carbons (Fsp3) is 0.227. The monoisotopic (exact) mass is 445 g/mol. The van der Waals surface area contributed by atoms with E-state index in [1.807, 2.05) is 0 Å². The molecule has 1 N–H and O–H groups in total. The first kappa shape index (κ1) is 22.3. The van der Waals surface area contributed by atoms with Crippen LogP contribution in [0.2, 0.25) is 5.02 Å². The number of methoxy groups -OCH3 is 1. The molecule has 0 aliphatic carbocycles. The Labute approximate surface area is 182 Å². The summed E-state index contributed by atoms with van der Waals surface area (Å²) in [5.74, 6) is -0.566. The second-order valence-electron chi connectivity index (χ2n) is 6.47. The largest absolute Gasteiger partial charge is 0.482 e. The number of fused-ring (bicyclic) bond motifs is 1. The smallest absolute Gasteiger partial charge is 0.349 e. The van der Waals surface area contributed by atoms with Crippen LogP contribution in [0.15, 0.2) is 57.7 Å². The lowest BCUT2D eigenvalue weighted by atomic mass is 10.1. The summed E-state index contributed by atoms with van der Waals surface area (Å²) in [6, 6.07) is 12.6. The van der Waals surface area contributed by atoms with E-state index in [1.165, 1.54) is 18.2 Å². The molecular formula is C22H20ClNO7. The quantitative estimate of drug-likeness (QED) is 0.233. The second-order valence-corrected chi connectivity index (χ2v) is 6.91. The molecule has 162 valence electrons. The number of ether oxygens (including phenoxy) is 3. The van der Waals surface area contributed by atoms with E-state index in [4.69, 9.17) is 30.2 Å². The second kappa shape index (κ2) is 10.6.